The van der Waals surface area contributed by atoms with Gasteiger partial charge in [0.25, 0.3) is 5.91 Å². The third-order valence-electron chi connectivity index (χ3n) is 3.57. The summed E-state index contributed by atoms with van der Waals surface area (Å²) in [7, 11) is 1.58. The molecule has 0 fully saturated rings. The molecule has 0 aliphatic rings. The van der Waals surface area contributed by atoms with Crippen LogP contribution in [0.2, 0.25) is 0 Å². The summed E-state index contributed by atoms with van der Waals surface area (Å²) in [6, 6.07) is 16.0. The summed E-state index contributed by atoms with van der Waals surface area (Å²) < 4.78 is 5.08. The van der Waals surface area contributed by atoms with Crippen molar-refractivity contribution in [2.24, 2.45) is 0 Å². The predicted molar refractivity (Wildman–Crippen MR) is 103 cm³/mol. The molecule has 138 valence electrons. The van der Waals surface area contributed by atoms with E-state index in [1.54, 1.807) is 43.5 Å². The van der Waals surface area contributed by atoms with Crippen molar-refractivity contribution < 1.29 is 14.3 Å². The van der Waals surface area contributed by atoms with Crippen LogP contribution in [0.3, 0.4) is 0 Å². The number of anilines is 2. The van der Waals surface area contributed by atoms with Gasteiger partial charge in [-0.3, -0.25) is 9.59 Å². The number of nitriles is 1. The number of nitrogens with zero attached hydrogens (tertiary/aromatic N) is 1. The molecule has 0 aliphatic heterocycles. The maximum atomic E-state index is 12.2. The van der Waals surface area contributed by atoms with Crippen LogP contribution in [0.15, 0.2) is 60.3 Å². The van der Waals surface area contributed by atoms with Crippen molar-refractivity contribution in [1.82, 2.24) is 5.32 Å². The topological polar surface area (TPSA) is 103 Å². The van der Waals surface area contributed by atoms with E-state index in [0.717, 1.165) is 11.3 Å². The van der Waals surface area contributed by atoms with Gasteiger partial charge < -0.3 is 20.7 Å². The lowest BCUT2D eigenvalue weighted by Gasteiger charge is -2.07. The van der Waals surface area contributed by atoms with Crippen molar-refractivity contribution in [2.45, 2.75) is 13.5 Å². The summed E-state index contributed by atoms with van der Waals surface area (Å²) >= 11 is 0. The van der Waals surface area contributed by atoms with E-state index in [-0.39, 0.29) is 11.5 Å². The molecule has 0 saturated carbocycles. The van der Waals surface area contributed by atoms with Crippen LogP contribution in [0.1, 0.15) is 12.5 Å². The zero-order valence-corrected chi connectivity index (χ0v) is 15.1. The standard InChI is InChI=1S/C20H20N4O3/c1-14(25)24-18-7-5-17(6-8-18)22-13-16(11-21)20(26)23-12-15-3-9-19(27-2)10-4-15/h3-10,13,22H,12H2,1-2H3,(H,23,26)(H,24,25)/b16-13-. The fourth-order valence-electron chi connectivity index (χ4n) is 2.18. The average molecular weight is 364 g/mol. The molecule has 7 heteroatoms. The van der Waals surface area contributed by atoms with Crippen LogP contribution < -0.4 is 20.7 Å². The van der Waals surface area contributed by atoms with Crippen molar-refractivity contribution >= 4 is 23.2 Å². The Hall–Kier alpha value is -3.79. The first-order chi connectivity index (χ1) is 13.0. The van der Waals surface area contributed by atoms with Crippen LogP contribution in [0.4, 0.5) is 11.4 Å². The molecule has 0 bridgehead atoms. The minimum absolute atomic E-state index is 0.0468. The monoisotopic (exact) mass is 364 g/mol. The Morgan fingerprint density at radius 2 is 1.70 bits per heavy atom. The summed E-state index contributed by atoms with van der Waals surface area (Å²) in [5.74, 6) is 0.1000. The number of amides is 2. The molecule has 0 saturated heterocycles. The Kier molecular flexibility index (Phi) is 6.97. The van der Waals surface area contributed by atoms with E-state index in [2.05, 4.69) is 16.0 Å². The highest BCUT2D eigenvalue weighted by atomic mass is 16.5. The van der Waals surface area contributed by atoms with Crippen LogP contribution >= 0.6 is 0 Å². The maximum Gasteiger partial charge on any atom is 0.263 e. The van der Waals surface area contributed by atoms with Gasteiger partial charge in [-0.1, -0.05) is 12.1 Å². The first kappa shape index (κ1) is 19.5. The first-order valence-corrected chi connectivity index (χ1v) is 8.17. The largest absolute Gasteiger partial charge is 0.497 e. The Labute approximate surface area is 157 Å². The SMILES string of the molecule is COc1ccc(CNC(=O)/C(C#N)=C\Nc2ccc(NC(C)=O)cc2)cc1. The molecule has 7 nitrogen and oxygen atoms in total. The number of carbonyl (C=O) groups excluding carboxylic acids is 2. The van der Waals surface area contributed by atoms with E-state index in [0.29, 0.717) is 17.9 Å². The van der Waals surface area contributed by atoms with Crippen LogP contribution in [-0.2, 0) is 16.1 Å². The van der Waals surface area contributed by atoms with Crippen molar-refractivity contribution in [1.29, 1.82) is 5.26 Å². The van der Waals surface area contributed by atoms with E-state index in [4.69, 9.17) is 4.74 Å². The molecule has 0 radical (unpaired) electrons. The second kappa shape index (κ2) is 9.63. The summed E-state index contributed by atoms with van der Waals surface area (Å²) in [6.45, 7) is 1.73. The molecule has 2 amide bonds. The fourth-order valence-corrected chi connectivity index (χ4v) is 2.18. The number of rotatable bonds is 7. The highest BCUT2D eigenvalue weighted by Crippen LogP contribution is 2.14. The lowest BCUT2D eigenvalue weighted by Crippen LogP contribution is -2.24. The molecule has 0 heterocycles. The summed E-state index contributed by atoms with van der Waals surface area (Å²) in [6.07, 6.45) is 1.34. The number of hydrogen-bond acceptors (Lipinski definition) is 5. The lowest BCUT2D eigenvalue weighted by atomic mass is 10.2. The molecule has 0 unspecified atom stereocenters. The Morgan fingerprint density at radius 1 is 1.07 bits per heavy atom. The van der Waals surface area contributed by atoms with Crippen LogP contribution in [0.5, 0.6) is 5.75 Å². The highest BCUT2D eigenvalue weighted by molar-refractivity contribution is 5.97. The molecule has 2 rings (SSSR count). The minimum Gasteiger partial charge on any atom is -0.497 e. The zero-order chi connectivity index (χ0) is 19.6. The smallest absolute Gasteiger partial charge is 0.263 e. The number of benzene rings is 2. The quantitative estimate of drug-likeness (QED) is 0.518. The number of methoxy groups -OCH3 is 1. The van der Waals surface area contributed by atoms with Crippen LogP contribution in [-0.4, -0.2) is 18.9 Å². The molecule has 2 aromatic rings. The molecule has 3 N–H and O–H groups in total. The van der Waals surface area contributed by atoms with Gasteiger partial charge in [-0.2, -0.15) is 5.26 Å². The second-order valence-corrected chi connectivity index (χ2v) is 5.60. The molecular weight excluding hydrogens is 344 g/mol. The molecule has 0 aliphatic carbocycles. The molecule has 2 aromatic carbocycles. The van der Waals surface area contributed by atoms with Crippen LogP contribution in [0.25, 0.3) is 0 Å². The number of nitrogens with one attached hydrogen (secondary N) is 3. The molecule has 0 aromatic heterocycles. The Bertz CT molecular complexity index is 866. The molecule has 0 spiro atoms. The Balaban J connectivity index is 1.93. The van der Waals surface area contributed by atoms with Gasteiger partial charge in [-0.25, -0.2) is 0 Å². The van der Waals surface area contributed by atoms with Gasteiger partial charge in [0.1, 0.15) is 17.4 Å². The lowest BCUT2D eigenvalue weighted by molar-refractivity contribution is -0.117. The van der Waals surface area contributed by atoms with E-state index in [9.17, 15) is 14.9 Å². The van der Waals surface area contributed by atoms with Gasteiger partial charge in [0.15, 0.2) is 0 Å². The van der Waals surface area contributed by atoms with Crippen LogP contribution in [0, 0.1) is 11.3 Å². The second-order valence-electron chi connectivity index (χ2n) is 5.60. The van der Waals surface area contributed by atoms with E-state index in [1.165, 1.54) is 13.1 Å². The normalized spacial score (nSPS) is 10.5. The van der Waals surface area contributed by atoms with E-state index >= 15 is 0 Å². The zero-order valence-electron chi connectivity index (χ0n) is 15.1. The van der Waals surface area contributed by atoms with Gasteiger partial charge in [0.2, 0.25) is 5.91 Å². The highest BCUT2D eigenvalue weighted by Gasteiger charge is 2.08. The van der Waals surface area contributed by atoms with Crippen molar-refractivity contribution in [3.63, 3.8) is 0 Å². The number of hydrogen-bond donors (Lipinski definition) is 3. The van der Waals surface area contributed by atoms with Gasteiger partial charge in [0, 0.05) is 31.0 Å². The number of carbonyl (C=O) groups is 2. The third-order valence-corrected chi connectivity index (χ3v) is 3.57. The van der Waals surface area contributed by atoms with Gasteiger partial charge in [-0.05, 0) is 42.0 Å². The fraction of sp³-hybridized carbons (Fsp3) is 0.150. The first-order valence-electron chi connectivity index (χ1n) is 8.17. The predicted octanol–water partition coefficient (Wildman–Crippen LogP) is 2.79. The maximum absolute atomic E-state index is 12.2. The molecule has 27 heavy (non-hydrogen) atoms. The number of ether oxygens (including phenoxy) is 1. The molecule has 0 atom stereocenters. The van der Waals surface area contributed by atoms with Gasteiger partial charge in [0.05, 0.1) is 7.11 Å². The van der Waals surface area contributed by atoms with Gasteiger partial charge >= 0.3 is 0 Å². The van der Waals surface area contributed by atoms with E-state index < -0.39 is 5.91 Å². The van der Waals surface area contributed by atoms with Crippen molar-refractivity contribution in [2.75, 3.05) is 17.7 Å². The van der Waals surface area contributed by atoms with E-state index in [1.807, 2.05) is 18.2 Å². The van der Waals surface area contributed by atoms with Gasteiger partial charge in [-0.15, -0.1) is 0 Å². The minimum atomic E-state index is -0.476. The summed E-state index contributed by atoms with van der Waals surface area (Å²) in [4.78, 5) is 23.2. The average Bonchev–Trinajstić information content (AvgIpc) is 2.68. The summed E-state index contributed by atoms with van der Waals surface area (Å²) in [5.41, 5.74) is 2.19. The third kappa shape index (κ3) is 6.21. The molecular formula is C20H20N4O3. The Morgan fingerprint density at radius 3 is 2.26 bits per heavy atom. The summed E-state index contributed by atoms with van der Waals surface area (Å²) in [5, 5.41) is 17.5. The van der Waals surface area contributed by atoms with Crippen molar-refractivity contribution in [3.05, 3.63) is 65.9 Å². The van der Waals surface area contributed by atoms with Crippen molar-refractivity contribution in [3.8, 4) is 11.8 Å².